The highest BCUT2D eigenvalue weighted by Crippen LogP contribution is 2.38. The SMILES string of the molecule is O=C(O)c1ccccc1Sc1cccc2c1C(=O)c1ccccc1C2=O. The van der Waals surface area contributed by atoms with E-state index in [0.717, 1.165) is 0 Å². The molecule has 0 aromatic heterocycles. The van der Waals surface area contributed by atoms with Gasteiger partial charge in [-0.05, 0) is 18.2 Å². The number of aromatic carboxylic acids is 1. The maximum absolute atomic E-state index is 13.0. The Balaban J connectivity index is 1.86. The van der Waals surface area contributed by atoms with Gasteiger partial charge < -0.3 is 5.11 Å². The Bertz CT molecular complexity index is 1080. The molecule has 0 unspecified atom stereocenters. The van der Waals surface area contributed by atoms with Crippen LogP contribution >= 0.6 is 11.8 Å². The second-order valence-electron chi connectivity index (χ2n) is 5.79. The van der Waals surface area contributed by atoms with Gasteiger partial charge in [0.15, 0.2) is 11.6 Å². The van der Waals surface area contributed by atoms with E-state index in [0.29, 0.717) is 32.0 Å². The second kappa shape index (κ2) is 6.28. The highest BCUT2D eigenvalue weighted by atomic mass is 32.2. The average molecular weight is 360 g/mol. The lowest BCUT2D eigenvalue weighted by Crippen LogP contribution is -2.21. The number of carbonyl (C=O) groups excluding carboxylic acids is 2. The number of hydrogen-bond acceptors (Lipinski definition) is 4. The summed E-state index contributed by atoms with van der Waals surface area (Å²) in [5.74, 6) is -1.44. The van der Waals surface area contributed by atoms with E-state index in [9.17, 15) is 19.5 Å². The van der Waals surface area contributed by atoms with Gasteiger partial charge in [0.2, 0.25) is 0 Å². The zero-order valence-corrected chi connectivity index (χ0v) is 14.2. The van der Waals surface area contributed by atoms with E-state index in [4.69, 9.17) is 0 Å². The monoisotopic (exact) mass is 360 g/mol. The zero-order chi connectivity index (χ0) is 18.3. The van der Waals surface area contributed by atoms with Gasteiger partial charge in [-0.2, -0.15) is 0 Å². The summed E-state index contributed by atoms with van der Waals surface area (Å²) in [5, 5.41) is 9.37. The van der Waals surface area contributed by atoms with Crippen LogP contribution in [0.15, 0.2) is 76.5 Å². The van der Waals surface area contributed by atoms with Crippen LogP contribution in [0.4, 0.5) is 0 Å². The minimum Gasteiger partial charge on any atom is -0.478 e. The Kier molecular flexibility index (Phi) is 3.93. The Morgan fingerprint density at radius 3 is 2.00 bits per heavy atom. The van der Waals surface area contributed by atoms with Crippen LogP contribution in [0.25, 0.3) is 0 Å². The molecule has 0 spiro atoms. The number of carboxylic acids is 1. The zero-order valence-electron chi connectivity index (χ0n) is 13.4. The molecule has 4 nitrogen and oxygen atoms in total. The van der Waals surface area contributed by atoms with Crippen LogP contribution in [-0.4, -0.2) is 22.6 Å². The lowest BCUT2D eigenvalue weighted by atomic mass is 9.84. The third kappa shape index (κ3) is 2.53. The van der Waals surface area contributed by atoms with E-state index in [-0.39, 0.29) is 17.1 Å². The summed E-state index contributed by atoms with van der Waals surface area (Å²) < 4.78 is 0. The van der Waals surface area contributed by atoms with Gasteiger partial charge in [-0.1, -0.05) is 60.3 Å². The molecule has 3 aromatic rings. The smallest absolute Gasteiger partial charge is 0.336 e. The minimum absolute atomic E-state index is 0.157. The van der Waals surface area contributed by atoms with Crippen molar-refractivity contribution in [2.24, 2.45) is 0 Å². The van der Waals surface area contributed by atoms with Gasteiger partial charge in [-0.15, -0.1) is 0 Å². The Morgan fingerprint density at radius 2 is 1.27 bits per heavy atom. The minimum atomic E-state index is -1.04. The normalized spacial score (nSPS) is 12.5. The maximum Gasteiger partial charge on any atom is 0.336 e. The molecule has 0 radical (unpaired) electrons. The van der Waals surface area contributed by atoms with Crippen molar-refractivity contribution < 1.29 is 19.5 Å². The molecular weight excluding hydrogens is 348 g/mol. The Labute approximate surface area is 153 Å². The number of rotatable bonds is 3. The first-order chi connectivity index (χ1) is 12.6. The van der Waals surface area contributed by atoms with Crippen molar-refractivity contribution in [2.45, 2.75) is 9.79 Å². The summed E-state index contributed by atoms with van der Waals surface area (Å²) in [6.45, 7) is 0. The largest absolute Gasteiger partial charge is 0.478 e. The molecule has 1 aliphatic rings. The van der Waals surface area contributed by atoms with Gasteiger partial charge in [0.05, 0.1) is 5.56 Å². The molecule has 3 aromatic carbocycles. The Morgan fingerprint density at radius 1 is 0.692 bits per heavy atom. The summed E-state index contributed by atoms with van der Waals surface area (Å²) in [4.78, 5) is 38.3. The molecule has 126 valence electrons. The molecule has 0 aliphatic heterocycles. The molecule has 4 rings (SSSR count). The van der Waals surface area contributed by atoms with Gasteiger partial charge in [0.1, 0.15) is 0 Å². The molecule has 1 N–H and O–H groups in total. The van der Waals surface area contributed by atoms with Crippen molar-refractivity contribution in [1.82, 2.24) is 0 Å². The highest BCUT2D eigenvalue weighted by molar-refractivity contribution is 7.99. The fraction of sp³-hybridized carbons (Fsp3) is 0. The molecule has 26 heavy (non-hydrogen) atoms. The lowest BCUT2D eigenvalue weighted by Gasteiger charge is -2.20. The van der Waals surface area contributed by atoms with Gasteiger partial charge in [-0.3, -0.25) is 9.59 Å². The summed E-state index contributed by atoms with van der Waals surface area (Å²) in [7, 11) is 0. The highest BCUT2D eigenvalue weighted by Gasteiger charge is 2.31. The molecule has 0 fully saturated rings. The van der Waals surface area contributed by atoms with E-state index in [2.05, 4.69) is 0 Å². The van der Waals surface area contributed by atoms with Gasteiger partial charge in [-0.25, -0.2) is 4.79 Å². The van der Waals surface area contributed by atoms with Crippen molar-refractivity contribution in [3.63, 3.8) is 0 Å². The predicted molar refractivity (Wildman–Crippen MR) is 97.3 cm³/mol. The third-order valence-corrected chi connectivity index (χ3v) is 5.39. The molecule has 1 aliphatic carbocycles. The topological polar surface area (TPSA) is 71.4 Å². The van der Waals surface area contributed by atoms with Gasteiger partial charge >= 0.3 is 5.97 Å². The number of ketones is 2. The molecule has 0 atom stereocenters. The number of fused-ring (bicyclic) bond motifs is 2. The van der Waals surface area contributed by atoms with Crippen LogP contribution in [-0.2, 0) is 0 Å². The number of carbonyl (C=O) groups is 3. The van der Waals surface area contributed by atoms with Gasteiger partial charge in [0, 0.05) is 32.0 Å². The standard InChI is InChI=1S/C21H12O4S/c22-19-12-6-1-2-7-13(12)20(23)18-15(19)9-5-11-17(18)26-16-10-4-3-8-14(16)21(24)25/h1-11H,(H,24,25). The van der Waals surface area contributed by atoms with Crippen LogP contribution in [0.1, 0.15) is 42.2 Å². The average Bonchev–Trinajstić information content (AvgIpc) is 2.66. The van der Waals surface area contributed by atoms with Crippen molar-refractivity contribution in [3.05, 3.63) is 94.5 Å². The molecule has 5 heteroatoms. The summed E-state index contributed by atoms with van der Waals surface area (Å²) in [6, 6.07) is 18.4. The number of carboxylic acid groups (broad SMARTS) is 1. The summed E-state index contributed by atoms with van der Waals surface area (Å²) >= 11 is 1.18. The van der Waals surface area contributed by atoms with Crippen LogP contribution in [0.3, 0.4) is 0 Å². The van der Waals surface area contributed by atoms with E-state index in [1.54, 1.807) is 60.7 Å². The van der Waals surface area contributed by atoms with Crippen LogP contribution in [0.5, 0.6) is 0 Å². The van der Waals surface area contributed by atoms with E-state index < -0.39 is 5.97 Å². The van der Waals surface area contributed by atoms with Crippen LogP contribution in [0, 0.1) is 0 Å². The maximum atomic E-state index is 13.0. The van der Waals surface area contributed by atoms with Crippen LogP contribution in [0.2, 0.25) is 0 Å². The molecule has 0 saturated carbocycles. The summed E-state index contributed by atoms with van der Waals surface area (Å²) in [5.41, 5.74) is 1.63. The van der Waals surface area contributed by atoms with Crippen LogP contribution < -0.4 is 0 Å². The first kappa shape index (κ1) is 16.3. The molecule has 0 saturated heterocycles. The quantitative estimate of drug-likeness (QED) is 0.589. The number of hydrogen-bond donors (Lipinski definition) is 1. The molecule has 0 amide bonds. The lowest BCUT2D eigenvalue weighted by molar-refractivity contribution is 0.0692. The predicted octanol–water partition coefficient (Wildman–Crippen LogP) is 4.31. The number of benzene rings is 3. The molecule has 0 bridgehead atoms. The van der Waals surface area contributed by atoms with Crippen molar-refractivity contribution in [2.75, 3.05) is 0 Å². The molecule has 0 heterocycles. The first-order valence-electron chi connectivity index (χ1n) is 7.89. The van der Waals surface area contributed by atoms with E-state index in [1.165, 1.54) is 17.8 Å². The third-order valence-electron chi connectivity index (χ3n) is 4.25. The van der Waals surface area contributed by atoms with Crippen molar-refractivity contribution in [3.8, 4) is 0 Å². The van der Waals surface area contributed by atoms with Crippen molar-refractivity contribution in [1.29, 1.82) is 0 Å². The van der Waals surface area contributed by atoms with Crippen molar-refractivity contribution >= 4 is 29.3 Å². The fourth-order valence-electron chi connectivity index (χ4n) is 3.05. The van der Waals surface area contributed by atoms with E-state index >= 15 is 0 Å². The van der Waals surface area contributed by atoms with Gasteiger partial charge in [0.25, 0.3) is 0 Å². The fourth-order valence-corrected chi connectivity index (χ4v) is 4.15. The van der Waals surface area contributed by atoms with E-state index in [1.807, 2.05) is 0 Å². The first-order valence-corrected chi connectivity index (χ1v) is 8.71. The molecular formula is C21H12O4S. The summed E-state index contributed by atoms with van der Waals surface area (Å²) in [6.07, 6.45) is 0. The second-order valence-corrected chi connectivity index (χ2v) is 6.87. The Hall–Kier alpha value is -3.18.